The van der Waals surface area contributed by atoms with Crippen molar-refractivity contribution in [2.75, 3.05) is 45.1 Å². The molecule has 0 bridgehead atoms. The van der Waals surface area contributed by atoms with Crippen LogP contribution in [0.25, 0.3) is 10.8 Å². The minimum absolute atomic E-state index is 0.525. The fourth-order valence-corrected chi connectivity index (χ4v) is 3.39. The number of hydrogen-bond acceptors (Lipinski definition) is 5. The Balaban J connectivity index is 2.29. The number of methoxy groups -OCH3 is 1. The average Bonchev–Trinajstić information content (AvgIpc) is 2.68. The van der Waals surface area contributed by atoms with Crippen molar-refractivity contribution in [1.82, 2.24) is 0 Å². The molecule has 0 unspecified atom stereocenters. The lowest BCUT2D eigenvalue weighted by Crippen LogP contribution is -2.17. The summed E-state index contributed by atoms with van der Waals surface area (Å²) < 4.78 is 5.23. The van der Waals surface area contributed by atoms with Gasteiger partial charge in [0.2, 0.25) is 0 Å². The van der Waals surface area contributed by atoms with Crippen molar-refractivity contribution >= 4 is 27.9 Å². The fourth-order valence-electron chi connectivity index (χ4n) is 3.39. The van der Waals surface area contributed by atoms with Gasteiger partial charge in [-0.25, -0.2) is 0 Å². The molecule has 0 saturated carbocycles. The zero-order valence-corrected chi connectivity index (χ0v) is 16.4. The van der Waals surface area contributed by atoms with E-state index in [1.807, 2.05) is 58.5 Å². The highest BCUT2D eigenvalue weighted by atomic mass is 16.5. The quantitative estimate of drug-likeness (QED) is 0.419. The van der Waals surface area contributed by atoms with E-state index in [1.54, 1.807) is 7.11 Å². The molecule has 0 atom stereocenters. The van der Waals surface area contributed by atoms with Crippen LogP contribution in [0.1, 0.15) is 11.1 Å². The van der Waals surface area contributed by atoms with E-state index >= 15 is 0 Å². The first-order valence-electron chi connectivity index (χ1n) is 8.75. The topological polar surface area (TPSA) is 48.3 Å². The summed E-state index contributed by atoms with van der Waals surface area (Å²) in [6.45, 7) is 0. The highest BCUT2D eigenvalue weighted by Crippen LogP contribution is 2.37. The number of benzene rings is 3. The molecule has 5 heteroatoms. The van der Waals surface area contributed by atoms with Gasteiger partial charge in [0.05, 0.1) is 12.8 Å². The van der Waals surface area contributed by atoms with Crippen LogP contribution in [-0.4, -0.2) is 46.2 Å². The Labute approximate surface area is 160 Å². The predicted molar refractivity (Wildman–Crippen MR) is 113 cm³/mol. The Kier molecular flexibility index (Phi) is 5.21. The second kappa shape index (κ2) is 7.58. The van der Waals surface area contributed by atoms with Crippen LogP contribution in [0.3, 0.4) is 0 Å². The second-order valence-electron chi connectivity index (χ2n) is 6.80. The van der Waals surface area contributed by atoms with Crippen molar-refractivity contribution in [1.29, 1.82) is 0 Å². The van der Waals surface area contributed by atoms with Gasteiger partial charge < -0.3 is 19.7 Å². The molecule has 0 aromatic heterocycles. The number of rotatable bonds is 5. The van der Waals surface area contributed by atoms with E-state index in [1.165, 1.54) is 0 Å². The zero-order chi connectivity index (χ0) is 19.6. The Bertz CT molecular complexity index is 977. The molecule has 27 heavy (non-hydrogen) atoms. The van der Waals surface area contributed by atoms with E-state index in [9.17, 15) is 5.21 Å². The minimum Gasteiger partial charge on any atom is -0.497 e. The third-order valence-corrected chi connectivity index (χ3v) is 4.64. The van der Waals surface area contributed by atoms with Crippen LogP contribution in [-0.2, 0) is 0 Å². The lowest BCUT2D eigenvalue weighted by Gasteiger charge is -2.25. The van der Waals surface area contributed by atoms with E-state index in [-0.39, 0.29) is 0 Å². The lowest BCUT2D eigenvalue weighted by molar-refractivity contribution is 0.319. The van der Waals surface area contributed by atoms with Gasteiger partial charge in [-0.05, 0) is 41.8 Å². The summed E-state index contributed by atoms with van der Waals surface area (Å²) in [5.41, 5.74) is 4.35. The van der Waals surface area contributed by atoms with Crippen LogP contribution in [0.5, 0.6) is 5.75 Å². The van der Waals surface area contributed by atoms with Gasteiger partial charge in [-0.3, -0.25) is 0 Å². The standard InChI is InChI=1S/C22H25N3O2/c1-24(2)19-8-6-7-15-11-14-18(22(20(15)19)25(3)4)21(23-26)16-9-12-17(27-5)13-10-16/h6-14,26H,1-5H3/b23-21-. The molecular formula is C22H25N3O2. The van der Waals surface area contributed by atoms with Gasteiger partial charge in [0.15, 0.2) is 0 Å². The van der Waals surface area contributed by atoms with Crippen LogP contribution >= 0.6 is 0 Å². The molecule has 0 saturated heterocycles. The summed E-state index contributed by atoms with van der Waals surface area (Å²) >= 11 is 0. The third-order valence-electron chi connectivity index (χ3n) is 4.64. The van der Waals surface area contributed by atoms with Gasteiger partial charge in [0.25, 0.3) is 0 Å². The maximum atomic E-state index is 9.84. The summed E-state index contributed by atoms with van der Waals surface area (Å²) in [6.07, 6.45) is 0. The monoisotopic (exact) mass is 363 g/mol. The van der Waals surface area contributed by atoms with Crippen molar-refractivity contribution in [3.8, 4) is 5.75 Å². The van der Waals surface area contributed by atoms with Gasteiger partial charge in [0, 0.05) is 50.4 Å². The maximum absolute atomic E-state index is 9.84. The van der Waals surface area contributed by atoms with Crippen molar-refractivity contribution in [2.24, 2.45) is 5.16 Å². The number of hydrogen-bond donors (Lipinski definition) is 1. The molecule has 0 aliphatic carbocycles. The average molecular weight is 363 g/mol. The lowest BCUT2D eigenvalue weighted by atomic mass is 9.95. The minimum atomic E-state index is 0.525. The summed E-state index contributed by atoms with van der Waals surface area (Å²) in [5, 5.41) is 15.8. The molecule has 0 fully saturated rings. The fraction of sp³-hybridized carbons (Fsp3) is 0.227. The molecule has 140 valence electrons. The molecular weight excluding hydrogens is 338 g/mol. The highest BCUT2D eigenvalue weighted by Gasteiger charge is 2.19. The highest BCUT2D eigenvalue weighted by molar-refractivity contribution is 6.20. The summed E-state index contributed by atoms with van der Waals surface area (Å²) in [4.78, 5) is 4.17. The van der Waals surface area contributed by atoms with Crippen molar-refractivity contribution < 1.29 is 9.94 Å². The van der Waals surface area contributed by atoms with E-state index in [0.717, 1.165) is 39.0 Å². The number of fused-ring (bicyclic) bond motifs is 1. The first kappa shape index (κ1) is 18.6. The molecule has 0 spiro atoms. The molecule has 0 aliphatic heterocycles. The van der Waals surface area contributed by atoms with Crippen LogP contribution in [0, 0.1) is 0 Å². The molecule has 0 heterocycles. The number of nitrogens with zero attached hydrogens (tertiary/aromatic N) is 3. The smallest absolute Gasteiger partial charge is 0.119 e. The first-order chi connectivity index (χ1) is 13.0. The first-order valence-corrected chi connectivity index (χ1v) is 8.75. The van der Waals surface area contributed by atoms with Gasteiger partial charge in [0.1, 0.15) is 11.5 Å². The number of ether oxygens (including phenoxy) is 1. The molecule has 0 radical (unpaired) electrons. The van der Waals surface area contributed by atoms with Crippen molar-refractivity contribution in [2.45, 2.75) is 0 Å². The van der Waals surface area contributed by atoms with Crippen LogP contribution < -0.4 is 14.5 Å². The second-order valence-corrected chi connectivity index (χ2v) is 6.80. The van der Waals surface area contributed by atoms with E-state index in [2.05, 4.69) is 39.2 Å². The van der Waals surface area contributed by atoms with Gasteiger partial charge in [-0.1, -0.05) is 23.4 Å². The van der Waals surface area contributed by atoms with E-state index < -0.39 is 0 Å². The van der Waals surface area contributed by atoms with Crippen LogP contribution in [0.4, 0.5) is 11.4 Å². The molecule has 0 amide bonds. The molecule has 3 aromatic rings. The molecule has 5 nitrogen and oxygen atoms in total. The third kappa shape index (κ3) is 3.40. The molecule has 0 aliphatic rings. The zero-order valence-electron chi connectivity index (χ0n) is 16.4. The summed E-state index contributed by atoms with van der Waals surface area (Å²) in [7, 11) is 9.71. The van der Waals surface area contributed by atoms with Crippen molar-refractivity contribution in [3.63, 3.8) is 0 Å². The van der Waals surface area contributed by atoms with Gasteiger partial charge in [-0.15, -0.1) is 0 Å². The Hall–Kier alpha value is -3.21. The van der Waals surface area contributed by atoms with E-state index in [4.69, 9.17) is 4.74 Å². The Morgan fingerprint density at radius 3 is 2.15 bits per heavy atom. The van der Waals surface area contributed by atoms with Crippen molar-refractivity contribution in [3.05, 3.63) is 65.7 Å². The van der Waals surface area contributed by atoms with Gasteiger partial charge >= 0.3 is 0 Å². The Morgan fingerprint density at radius 2 is 1.59 bits per heavy atom. The van der Waals surface area contributed by atoms with Gasteiger partial charge in [-0.2, -0.15) is 0 Å². The molecule has 3 aromatic carbocycles. The molecule has 1 N–H and O–H groups in total. The predicted octanol–water partition coefficient (Wildman–Crippen LogP) is 4.21. The van der Waals surface area contributed by atoms with Crippen LogP contribution in [0.2, 0.25) is 0 Å². The summed E-state index contributed by atoms with van der Waals surface area (Å²) in [5.74, 6) is 0.761. The Morgan fingerprint density at radius 1 is 0.889 bits per heavy atom. The van der Waals surface area contributed by atoms with E-state index in [0.29, 0.717) is 5.71 Å². The summed E-state index contributed by atoms with van der Waals surface area (Å²) in [6, 6.07) is 17.9. The maximum Gasteiger partial charge on any atom is 0.119 e. The number of oxime groups is 1. The SMILES string of the molecule is COc1ccc(/C(=N/O)c2ccc3cccc(N(C)C)c3c2N(C)C)cc1. The normalized spacial score (nSPS) is 11.5. The number of anilines is 2. The van der Waals surface area contributed by atoms with Crippen LogP contribution in [0.15, 0.2) is 59.8 Å². The largest absolute Gasteiger partial charge is 0.497 e. The molecule has 3 rings (SSSR count).